The van der Waals surface area contributed by atoms with Gasteiger partial charge in [-0.2, -0.15) is 0 Å². The number of benzene rings is 2. The summed E-state index contributed by atoms with van der Waals surface area (Å²) in [7, 11) is 0. The molecule has 1 amide bonds. The summed E-state index contributed by atoms with van der Waals surface area (Å²) in [5.41, 5.74) is 0.978. The quantitative estimate of drug-likeness (QED) is 0.655. The zero-order valence-corrected chi connectivity index (χ0v) is 12.5. The molecule has 2 rings (SSSR count). The molecule has 0 spiro atoms. The second-order valence-corrected chi connectivity index (χ2v) is 5.18. The Morgan fingerprint density at radius 1 is 0.909 bits per heavy atom. The van der Waals surface area contributed by atoms with Crippen LogP contribution in [0.15, 0.2) is 54.6 Å². The van der Waals surface area contributed by atoms with Gasteiger partial charge in [0.1, 0.15) is 5.78 Å². The number of anilines is 1. The number of hydrogen-bond acceptors (Lipinski definition) is 3. The monoisotopic (exact) mass is 315 g/mol. The lowest BCUT2D eigenvalue weighted by Gasteiger charge is -2.04. The van der Waals surface area contributed by atoms with Crippen molar-refractivity contribution in [3.8, 4) is 0 Å². The second-order valence-electron chi connectivity index (χ2n) is 4.74. The van der Waals surface area contributed by atoms with Crippen molar-refractivity contribution in [3.63, 3.8) is 0 Å². The van der Waals surface area contributed by atoms with E-state index >= 15 is 0 Å². The second kappa shape index (κ2) is 7.52. The fourth-order valence-electron chi connectivity index (χ4n) is 1.91. The Bertz CT molecular complexity index is 698. The predicted molar refractivity (Wildman–Crippen MR) is 85.1 cm³/mol. The van der Waals surface area contributed by atoms with Gasteiger partial charge in [0.15, 0.2) is 5.78 Å². The largest absolute Gasteiger partial charge is 0.326 e. The molecule has 2 aromatic carbocycles. The van der Waals surface area contributed by atoms with E-state index in [2.05, 4.69) is 5.32 Å². The van der Waals surface area contributed by atoms with Crippen molar-refractivity contribution in [2.24, 2.45) is 0 Å². The highest BCUT2D eigenvalue weighted by Gasteiger charge is 2.15. The molecule has 0 saturated heterocycles. The topological polar surface area (TPSA) is 63.2 Å². The molecule has 0 radical (unpaired) electrons. The fourth-order valence-corrected chi connectivity index (χ4v) is 2.10. The summed E-state index contributed by atoms with van der Waals surface area (Å²) < 4.78 is 0. The molecular formula is C17H14ClNO3. The van der Waals surface area contributed by atoms with Crippen LogP contribution in [0.1, 0.15) is 23.2 Å². The van der Waals surface area contributed by atoms with Crippen LogP contribution < -0.4 is 5.32 Å². The van der Waals surface area contributed by atoms with Crippen LogP contribution in [0.5, 0.6) is 0 Å². The van der Waals surface area contributed by atoms with Gasteiger partial charge in [0.05, 0.1) is 12.8 Å². The number of para-hydroxylation sites is 1. The van der Waals surface area contributed by atoms with Gasteiger partial charge >= 0.3 is 0 Å². The van der Waals surface area contributed by atoms with E-state index in [-0.39, 0.29) is 18.6 Å². The lowest BCUT2D eigenvalue weighted by Crippen LogP contribution is -2.18. The molecule has 5 heteroatoms. The van der Waals surface area contributed by atoms with E-state index < -0.39 is 11.7 Å². The average Bonchev–Trinajstić information content (AvgIpc) is 2.47. The number of carbonyl (C=O) groups excluding carboxylic acids is 3. The molecule has 0 heterocycles. The Hall–Kier alpha value is -2.46. The first-order valence-electron chi connectivity index (χ1n) is 6.70. The summed E-state index contributed by atoms with van der Waals surface area (Å²) in [6, 6.07) is 15.2. The van der Waals surface area contributed by atoms with E-state index in [9.17, 15) is 14.4 Å². The van der Waals surface area contributed by atoms with Crippen molar-refractivity contribution in [2.75, 3.05) is 5.32 Å². The van der Waals surface area contributed by atoms with E-state index in [1.807, 2.05) is 6.07 Å². The molecule has 0 saturated carbocycles. The maximum atomic E-state index is 11.9. The summed E-state index contributed by atoms with van der Waals surface area (Å²) in [4.78, 5) is 35.5. The zero-order valence-electron chi connectivity index (χ0n) is 11.7. The summed E-state index contributed by atoms with van der Waals surface area (Å²) in [5, 5.41) is 3.03. The van der Waals surface area contributed by atoms with Gasteiger partial charge in [0.25, 0.3) is 0 Å². The van der Waals surface area contributed by atoms with Crippen molar-refractivity contribution >= 4 is 34.8 Å². The van der Waals surface area contributed by atoms with Gasteiger partial charge in [0.2, 0.25) is 5.91 Å². The molecule has 0 aromatic heterocycles. The lowest BCUT2D eigenvalue weighted by atomic mass is 10.0. The number of ketones is 2. The fraction of sp³-hybridized carbons (Fsp3) is 0.118. The van der Waals surface area contributed by atoms with E-state index in [1.165, 1.54) is 6.07 Å². The minimum absolute atomic E-state index is 0.317. The Labute approximate surface area is 133 Å². The van der Waals surface area contributed by atoms with Crippen molar-refractivity contribution in [2.45, 2.75) is 12.8 Å². The van der Waals surface area contributed by atoms with Crippen LogP contribution in [0, 0.1) is 0 Å². The third-order valence-corrected chi connectivity index (χ3v) is 3.15. The highest BCUT2D eigenvalue weighted by Crippen LogP contribution is 2.13. The lowest BCUT2D eigenvalue weighted by molar-refractivity contribution is -0.124. The first-order valence-corrected chi connectivity index (χ1v) is 7.08. The third-order valence-electron chi connectivity index (χ3n) is 2.92. The highest BCUT2D eigenvalue weighted by molar-refractivity contribution is 6.31. The normalized spacial score (nSPS) is 10.0. The van der Waals surface area contributed by atoms with Crippen molar-refractivity contribution < 1.29 is 14.4 Å². The Balaban J connectivity index is 1.87. The molecule has 112 valence electrons. The molecule has 0 aliphatic rings. The van der Waals surface area contributed by atoms with E-state index in [0.29, 0.717) is 16.3 Å². The van der Waals surface area contributed by atoms with Crippen LogP contribution in [-0.4, -0.2) is 17.5 Å². The van der Waals surface area contributed by atoms with Gasteiger partial charge in [-0.1, -0.05) is 41.9 Å². The number of halogens is 1. The van der Waals surface area contributed by atoms with Gasteiger partial charge in [0, 0.05) is 16.3 Å². The van der Waals surface area contributed by atoms with Crippen LogP contribution in [0.25, 0.3) is 0 Å². The third kappa shape index (κ3) is 4.82. The van der Waals surface area contributed by atoms with Crippen LogP contribution in [0.3, 0.4) is 0 Å². The minimum Gasteiger partial charge on any atom is -0.326 e. The van der Waals surface area contributed by atoms with Crippen LogP contribution in [-0.2, 0) is 9.59 Å². The first kappa shape index (κ1) is 15.9. The Morgan fingerprint density at radius 3 is 2.32 bits per heavy atom. The molecule has 0 aliphatic heterocycles. The number of hydrogen-bond donors (Lipinski definition) is 1. The molecule has 0 atom stereocenters. The van der Waals surface area contributed by atoms with Crippen LogP contribution >= 0.6 is 11.6 Å². The van der Waals surface area contributed by atoms with E-state index in [4.69, 9.17) is 11.6 Å². The van der Waals surface area contributed by atoms with Crippen molar-refractivity contribution in [3.05, 3.63) is 65.2 Å². The van der Waals surface area contributed by atoms with Crippen LogP contribution in [0.2, 0.25) is 5.02 Å². The van der Waals surface area contributed by atoms with E-state index in [0.717, 1.165) is 0 Å². The molecule has 4 nitrogen and oxygen atoms in total. The Kier molecular flexibility index (Phi) is 5.44. The smallest absolute Gasteiger partial charge is 0.231 e. The maximum Gasteiger partial charge on any atom is 0.231 e. The van der Waals surface area contributed by atoms with Gasteiger partial charge in [-0.3, -0.25) is 14.4 Å². The summed E-state index contributed by atoms with van der Waals surface area (Å²) in [6.07, 6.45) is -0.649. The van der Waals surface area contributed by atoms with Gasteiger partial charge in [-0.25, -0.2) is 0 Å². The minimum atomic E-state index is -0.435. The predicted octanol–water partition coefficient (Wildman–Crippen LogP) is 3.51. The number of amides is 1. The van der Waals surface area contributed by atoms with Crippen molar-refractivity contribution in [1.29, 1.82) is 0 Å². The summed E-state index contributed by atoms with van der Waals surface area (Å²) in [6.45, 7) is 0. The average molecular weight is 316 g/mol. The number of Topliss-reactive ketones (excluding diaryl/α,β-unsaturated/α-hetero) is 2. The van der Waals surface area contributed by atoms with Crippen LogP contribution in [0.4, 0.5) is 5.69 Å². The van der Waals surface area contributed by atoms with Gasteiger partial charge in [-0.15, -0.1) is 0 Å². The first-order chi connectivity index (χ1) is 10.5. The molecule has 22 heavy (non-hydrogen) atoms. The molecule has 0 fully saturated rings. The molecule has 0 bridgehead atoms. The maximum absolute atomic E-state index is 11.9. The molecule has 0 unspecified atom stereocenters. The Morgan fingerprint density at radius 2 is 1.64 bits per heavy atom. The molecule has 2 aromatic rings. The SMILES string of the molecule is O=C(CC(=O)Nc1ccccc1)CC(=O)c1cccc(Cl)c1. The highest BCUT2D eigenvalue weighted by atomic mass is 35.5. The van der Waals surface area contributed by atoms with Crippen molar-refractivity contribution in [1.82, 2.24) is 0 Å². The van der Waals surface area contributed by atoms with Gasteiger partial charge < -0.3 is 5.32 Å². The standard InChI is InChI=1S/C17H14ClNO3/c18-13-6-4-5-12(9-13)16(21)10-15(20)11-17(22)19-14-7-2-1-3-8-14/h1-9H,10-11H2,(H,19,22). The molecule has 1 N–H and O–H groups in total. The number of nitrogens with one attached hydrogen (secondary N) is 1. The molecular weight excluding hydrogens is 302 g/mol. The zero-order chi connectivity index (χ0) is 15.9. The van der Waals surface area contributed by atoms with E-state index in [1.54, 1.807) is 42.5 Å². The summed E-state index contributed by atoms with van der Waals surface area (Å²) >= 11 is 5.80. The summed E-state index contributed by atoms with van der Waals surface area (Å²) in [5.74, 6) is -1.21. The number of carbonyl (C=O) groups is 3. The molecule has 0 aliphatic carbocycles. The van der Waals surface area contributed by atoms with Gasteiger partial charge in [-0.05, 0) is 24.3 Å². The number of rotatable bonds is 6.